The van der Waals surface area contributed by atoms with E-state index in [1.807, 2.05) is 20.8 Å². The molecule has 0 aliphatic carbocycles. The van der Waals surface area contributed by atoms with Crippen LogP contribution in [0.15, 0.2) is 18.2 Å². The number of halogens is 1. The third-order valence-corrected chi connectivity index (χ3v) is 4.00. The maximum absolute atomic E-state index is 13.5. The summed E-state index contributed by atoms with van der Waals surface area (Å²) in [5.74, 6) is -0.356. The minimum absolute atomic E-state index is 0.0155. The van der Waals surface area contributed by atoms with E-state index in [2.05, 4.69) is 0 Å². The summed E-state index contributed by atoms with van der Waals surface area (Å²) in [6, 6.07) is 4.68. The van der Waals surface area contributed by atoms with E-state index >= 15 is 0 Å². The lowest BCUT2D eigenvalue weighted by Gasteiger charge is -2.17. The number of benzene rings is 1. The molecule has 1 aromatic rings. The predicted octanol–water partition coefficient (Wildman–Crippen LogP) is 3.38. The van der Waals surface area contributed by atoms with Crippen LogP contribution in [0.25, 0.3) is 0 Å². The Labute approximate surface area is 107 Å². The molecule has 4 atom stereocenters. The van der Waals surface area contributed by atoms with Crippen molar-refractivity contribution in [2.45, 2.75) is 39.9 Å². The second-order valence-corrected chi connectivity index (χ2v) is 5.26. The zero-order valence-electron chi connectivity index (χ0n) is 11.2. The molecule has 4 unspecified atom stereocenters. The van der Waals surface area contributed by atoms with Crippen LogP contribution in [-0.4, -0.2) is 18.0 Å². The van der Waals surface area contributed by atoms with Crippen molar-refractivity contribution in [3.05, 3.63) is 35.1 Å². The zero-order valence-corrected chi connectivity index (χ0v) is 11.2. The highest BCUT2D eigenvalue weighted by atomic mass is 19.1. The third kappa shape index (κ3) is 2.19. The van der Waals surface area contributed by atoms with Crippen LogP contribution in [0.2, 0.25) is 0 Å². The van der Waals surface area contributed by atoms with Gasteiger partial charge in [-0.25, -0.2) is 4.39 Å². The molecule has 1 aliphatic heterocycles. The molecule has 0 N–H and O–H groups in total. The predicted molar refractivity (Wildman–Crippen MR) is 68.1 cm³/mol. The van der Waals surface area contributed by atoms with Crippen molar-refractivity contribution in [2.75, 3.05) is 0 Å². The molecule has 1 aliphatic rings. The Morgan fingerprint density at radius 1 is 1.22 bits per heavy atom. The average molecular weight is 250 g/mol. The second-order valence-electron chi connectivity index (χ2n) is 5.26. The van der Waals surface area contributed by atoms with E-state index in [0.717, 1.165) is 0 Å². The van der Waals surface area contributed by atoms with Gasteiger partial charge in [-0.2, -0.15) is 0 Å². The molecule has 0 radical (unpaired) electrons. The maximum atomic E-state index is 13.5. The van der Waals surface area contributed by atoms with Gasteiger partial charge in [-0.1, -0.05) is 19.1 Å². The van der Waals surface area contributed by atoms with Gasteiger partial charge >= 0.3 is 0 Å². The van der Waals surface area contributed by atoms with Crippen molar-refractivity contribution in [2.24, 2.45) is 11.8 Å². The first-order valence-electron chi connectivity index (χ1n) is 6.37. The van der Waals surface area contributed by atoms with E-state index < -0.39 is 0 Å². The number of ketones is 1. The van der Waals surface area contributed by atoms with Crippen LogP contribution in [0.1, 0.15) is 36.7 Å². The van der Waals surface area contributed by atoms with E-state index in [9.17, 15) is 9.18 Å². The number of carbonyl (C=O) groups excluding carboxylic acids is 1. The standard InChI is InChI=1S/C15H19FO2/c1-8-5-6-12(7-13(8)16)15(17)14-9(2)10(3)18-11(14)4/h5-7,9-11,14H,1-4H3. The molecule has 2 rings (SSSR count). The van der Waals surface area contributed by atoms with Gasteiger partial charge in [-0.15, -0.1) is 0 Å². The van der Waals surface area contributed by atoms with Crippen molar-refractivity contribution in [3.63, 3.8) is 0 Å². The van der Waals surface area contributed by atoms with Crippen molar-refractivity contribution in [1.29, 1.82) is 0 Å². The molecule has 3 heteroatoms. The van der Waals surface area contributed by atoms with Gasteiger partial charge in [0, 0.05) is 5.56 Å². The van der Waals surface area contributed by atoms with E-state index in [-0.39, 0.29) is 35.6 Å². The number of rotatable bonds is 2. The topological polar surface area (TPSA) is 26.3 Å². The van der Waals surface area contributed by atoms with Gasteiger partial charge < -0.3 is 4.74 Å². The van der Waals surface area contributed by atoms with Crippen LogP contribution in [0, 0.1) is 24.6 Å². The number of hydrogen-bond acceptors (Lipinski definition) is 2. The molecule has 2 nitrogen and oxygen atoms in total. The van der Waals surface area contributed by atoms with Crippen molar-refractivity contribution >= 4 is 5.78 Å². The van der Waals surface area contributed by atoms with Gasteiger partial charge in [0.1, 0.15) is 5.82 Å². The molecule has 1 heterocycles. The van der Waals surface area contributed by atoms with E-state index in [1.165, 1.54) is 6.07 Å². The molecule has 1 fully saturated rings. The number of carbonyl (C=O) groups is 1. The minimum atomic E-state index is -0.326. The molecule has 0 saturated carbocycles. The van der Waals surface area contributed by atoms with E-state index in [4.69, 9.17) is 4.74 Å². The van der Waals surface area contributed by atoms with Crippen LogP contribution < -0.4 is 0 Å². The van der Waals surface area contributed by atoms with Crippen molar-refractivity contribution < 1.29 is 13.9 Å². The number of Topliss-reactive ketones (excluding diaryl/α,β-unsaturated/α-hetero) is 1. The van der Waals surface area contributed by atoms with Crippen LogP contribution >= 0.6 is 0 Å². The first-order valence-corrected chi connectivity index (χ1v) is 6.37. The zero-order chi connectivity index (χ0) is 13.4. The fourth-order valence-corrected chi connectivity index (χ4v) is 2.66. The third-order valence-electron chi connectivity index (χ3n) is 4.00. The summed E-state index contributed by atoms with van der Waals surface area (Å²) in [7, 11) is 0. The van der Waals surface area contributed by atoms with Crippen molar-refractivity contribution in [3.8, 4) is 0 Å². The lowest BCUT2D eigenvalue weighted by molar-refractivity contribution is 0.0491. The van der Waals surface area contributed by atoms with Gasteiger partial charge in [0.2, 0.25) is 0 Å². The van der Waals surface area contributed by atoms with Crippen molar-refractivity contribution in [1.82, 2.24) is 0 Å². The van der Waals surface area contributed by atoms with Gasteiger partial charge in [0.25, 0.3) is 0 Å². The quantitative estimate of drug-likeness (QED) is 0.752. The van der Waals surface area contributed by atoms with Crippen LogP contribution in [0.4, 0.5) is 4.39 Å². The van der Waals surface area contributed by atoms with E-state index in [1.54, 1.807) is 19.1 Å². The molecule has 0 bridgehead atoms. The number of hydrogen-bond donors (Lipinski definition) is 0. The summed E-state index contributed by atoms with van der Waals surface area (Å²) in [4.78, 5) is 12.4. The molecule has 0 spiro atoms. The molecule has 0 amide bonds. The highest BCUT2D eigenvalue weighted by molar-refractivity contribution is 5.98. The highest BCUT2D eigenvalue weighted by Crippen LogP contribution is 2.34. The fraction of sp³-hybridized carbons (Fsp3) is 0.533. The summed E-state index contributed by atoms with van der Waals surface area (Å²) in [5, 5.41) is 0. The monoisotopic (exact) mass is 250 g/mol. The molecule has 18 heavy (non-hydrogen) atoms. The number of ether oxygens (including phenoxy) is 1. The van der Waals surface area contributed by atoms with Gasteiger partial charge in [0.05, 0.1) is 18.1 Å². The normalized spacial score (nSPS) is 31.6. The molecular formula is C15H19FO2. The lowest BCUT2D eigenvalue weighted by Crippen LogP contribution is -2.27. The molecule has 0 aromatic heterocycles. The Bertz CT molecular complexity index is 470. The highest BCUT2D eigenvalue weighted by Gasteiger charge is 2.41. The van der Waals surface area contributed by atoms with Crippen LogP contribution in [0.5, 0.6) is 0 Å². The largest absolute Gasteiger partial charge is 0.374 e. The minimum Gasteiger partial charge on any atom is -0.374 e. The Morgan fingerprint density at radius 3 is 2.39 bits per heavy atom. The smallest absolute Gasteiger partial charge is 0.168 e. The first-order chi connectivity index (χ1) is 8.41. The second kappa shape index (κ2) is 4.81. The lowest BCUT2D eigenvalue weighted by atomic mass is 9.83. The van der Waals surface area contributed by atoms with Crippen LogP contribution in [0.3, 0.4) is 0 Å². The SMILES string of the molecule is Cc1ccc(C(=O)C2C(C)OC(C)C2C)cc1F. The Hall–Kier alpha value is -1.22. The summed E-state index contributed by atoms with van der Waals surface area (Å²) >= 11 is 0. The number of aryl methyl sites for hydroxylation is 1. The summed E-state index contributed by atoms with van der Waals surface area (Å²) in [5.41, 5.74) is 1.00. The first kappa shape index (κ1) is 13.2. The Balaban J connectivity index is 2.28. The molecular weight excluding hydrogens is 231 g/mol. The Morgan fingerprint density at radius 2 is 1.89 bits per heavy atom. The van der Waals surface area contributed by atoms with Gasteiger partial charge in [-0.05, 0) is 38.3 Å². The van der Waals surface area contributed by atoms with Gasteiger partial charge in [0.15, 0.2) is 5.78 Å². The fourth-order valence-electron chi connectivity index (χ4n) is 2.66. The average Bonchev–Trinajstić information content (AvgIpc) is 2.56. The van der Waals surface area contributed by atoms with Crippen LogP contribution in [-0.2, 0) is 4.74 Å². The molecule has 98 valence electrons. The summed E-state index contributed by atoms with van der Waals surface area (Å²) in [6.45, 7) is 7.59. The summed E-state index contributed by atoms with van der Waals surface area (Å²) < 4.78 is 19.2. The maximum Gasteiger partial charge on any atom is 0.168 e. The van der Waals surface area contributed by atoms with E-state index in [0.29, 0.717) is 11.1 Å². The summed E-state index contributed by atoms with van der Waals surface area (Å²) in [6.07, 6.45) is -0.0314. The molecule has 1 saturated heterocycles. The molecule has 1 aromatic carbocycles. The van der Waals surface area contributed by atoms with Gasteiger partial charge in [-0.3, -0.25) is 4.79 Å². The Kier molecular flexibility index (Phi) is 3.53.